The van der Waals surface area contributed by atoms with Crippen molar-refractivity contribution in [3.05, 3.63) is 34.9 Å². The first-order chi connectivity index (χ1) is 12.4. The van der Waals surface area contributed by atoms with E-state index < -0.39 is 0 Å². The second-order valence-electron chi connectivity index (χ2n) is 7.42. The van der Waals surface area contributed by atoms with E-state index >= 15 is 0 Å². The number of halogens is 1. The summed E-state index contributed by atoms with van der Waals surface area (Å²) in [4.78, 5) is 26.3. The average molecular weight is 380 g/mol. The highest BCUT2D eigenvalue weighted by molar-refractivity contribution is 6.30. The van der Waals surface area contributed by atoms with E-state index in [9.17, 15) is 9.59 Å². The van der Waals surface area contributed by atoms with Crippen molar-refractivity contribution >= 4 is 23.4 Å². The molecule has 144 valence electrons. The van der Waals surface area contributed by atoms with Crippen molar-refractivity contribution in [2.24, 2.45) is 11.8 Å². The number of carbonyl (C=O) groups is 2. The van der Waals surface area contributed by atoms with Crippen molar-refractivity contribution in [3.8, 4) is 0 Å². The van der Waals surface area contributed by atoms with Crippen LogP contribution in [-0.2, 0) is 4.79 Å². The molecule has 1 fully saturated rings. The Morgan fingerprint density at radius 1 is 1.08 bits per heavy atom. The molecule has 6 heteroatoms. The van der Waals surface area contributed by atoms with Gasteiger partial charge in [-0.25, -0.2) is 0 Å². The van der Waals surface area contributed by atoms with Crippen LogP contribution in [0.1, 0.15) is 43.5 Å². The van der Waals surface area contributed by atoms with E-state index in [1.165, 1.54) is 6.42 Å². The Balaban J connectivity index is 1.55. The van der Waals surface area contributed by atoms with E-state index in [2.05, 4.69) is 29.4 Å². The van der Waals surface area contributed by atoms with Crippen LogP contribution in [0.25, 0.3) is 0 Å². The smallest absolute Gasteiger partial charge is 0.251 e. The number of hydrogen-bond donors (Lipinski definition) is 2. The standard InChI is InChI=1S/C20H30ClN3O2/c1-15-12-16(2)14-24(13-15)11-10-22-19(25)4-3-9-23-20(26)17-5-7-18(21)8-6-17/h5-8,15-16H,3-4,9-14H2,1-2H3,(H,22,25)(H,23,26)/t15-,16-/m1/s1. The molecular weight excluding hydrogens is 350 g/mol. The summed E-state index contributed by atoms with van der Waals surface area (Å²) in [5.41, 5.74) is 0.573. The normalized spacial score (nSPS) is 20.6. The third-order valence-electron chi connectivity index (χ3n) is 4.67. The zero-order valence-electron chi connectivity index (χ0n) is 15.8. The first-order valence-corrected chi connectivity index (χ1v) is 9.84. The van der Waals surface area contributed by atoms with Gasteiger partial charge in [-0.05, 0) is 48.9 Å². The van der Waals surface area contributed by atoms with E-state index in [1.54, 1.807) is 24.3 Å². The maximum absolute atomic E-state index is 11.9. The molecule has 2 N–H and O–H groups in total. The number of rotatable bonds is 8. The Kier molecular flexibility index (Phi) is 8.39. The maximum atomic E-state index is 11.9. The van der Waals surface area contributed by atoms with Crippen LogP contribution in [-0.4, -0.2) is 49.4 Å². The Bertz CT molecular complexity index is 581. The molecule has 0 aliphatic carbocycles. The molecule has 2 atom stereocenters. The van der Waals surface area contributed by atoms with Gasteiger partial charge in [-0.3, -0.25) is 9.59 Å². The van der Waals surface area contributed by atoms with Crippen LogP contribution < -0.4 is 10.6 Å². The molecule has 1 aliphatic heterocycles. The fourth-order valence-electron chi connectivity index (χ4n) is 3.57. The monoisotopic (exact) mass is 379 g/mol. The van der Waals surface area contributed by atoms with Crippen molar-refractivity contribution < 1.29 is 9.59 Å². The van der Waals surface area contributed by atoms with Gasteiger partial charge in [-0.15, -0.1) is 0 Å². The minimum atomic E-state index is -0.143. The largest absolute Gasteiger partial charge is 0.355 e. The number of nitrogens with zero attached hydrogens (tertiary/aromatic N) is 1. The number of hydrogen-bond acceptors (Lipinski definition) is 3. The first-order valence-electron chi connectivity index (χ1n) is 9.47. The Morgan fingerprint density at radius 3 is 2.38 bits per heavy atom. The zero-order chi connectivity index (χ0) is 18.9. The lowest BCUT2D eigenvalue weighted by molar-refractivity contribution is -0.121. The molecular formula is C20H30ClN3O2. The lowest BCUT2D eigenvalue weighted by atomic mass is 9.92. The molecule has 1 aromatic rings. The number of likely N-dealkylation sites (tertiary alicyclic amines) is 1. The molecule has 1 saturated heterocycles. The van der Waals surface area contributed by atoms with Gasteiger partial charge in [-0.1, -0.05) is 25.4 Å². The van der Waals surface area contributed by atoms with Gasteiger partial charge in [0.25, 0.3) is 5.91 Å². The number of nitrogens with one attached hydrogen (secondary N) is 2. The predicted octanol–water partition coefficient (Wildman–Crippen LogP) is 2.94. The Hall–Kier alpha value is -1.59. The van der Waals surface area contributed by atoms with Gasteiger partial charge >= 0.3 is 0 Å². The van der Waals surface area contributed by atoms with Crippen LogP contribution >= 0.6 is 11.6 Å². The first kappa shape index (κ1) is 20.7. The van der Waals surface area contributed by atoms with Crippen LogP contribution in [0.3, 0.4) is 0 Å². The van der Waals surface area contributed by atoms with Gasteiger partial charge < -0.3 is 15.5 Å². The molecule has 1 heterocycles. The summed E-state index contributed by atoms with van der Waals surface area (Å²) in [5, 5.41) is 6.40. The highest BCUT2D eigenvalue weighted by Gasteiger charge is 2.21. The highest BCUT2D eigenvalue weighted by atomic mass is 35.5. The molecule has 0 saturated carbocycles. The Labute approximate surface area is 161 Å². The summed E-state index contributed by atoms with van der Waals surface area (Å²) in [7, 11) is 0. The minimum Gasteiger partial charge on any atom is -0.355 e. The van der Waals surface area contributed by atoms with E-state index in [0.29, 0.717) is 36.5 Å². The molecule has 0 unspecified atom stereocenters. The molecule has 2 amide bonds. The van der Waals surface area contributed by atoms with Crippen LogP contribution in [0.15, 0.2) is 24.3 Å². The van der Waals surface area contributed by atoms with E-state index in [0.717, 1.165) is 31.5 Å². The van der Waals surface area contributed by atoms with Crippen LogP contribution in [0.4, 0.5) is 0 Å². The summed E-state index contributed by atoms with van der Waals surface area (Å²) < 4.78 is 0. The predicted molar refractivity (Wildman–Crippen MR) is 105 cm³/mol. The van der Waals surface area contributed by atoms with Crippen molar-refractivity contribution in [3.63, 3.8) is 0 Å². The highest BCUT2D eigenvalue weighted by Crippen LogP contribution is 2.20. The number of amides is 2. The molecule has 1 aliphatic rings. The van der Waals surface area contributed by atoms with E-state index in [1.807, 2.05) is 0 Å². The lowest BCUT2D eigenvalue weighted by Crippen LogP contribution is -2.42. The molecule has 26 heavy (non-hydrogen) atoms. The van der Waals surface area contributed by atoms with Gasteiger partial charge in [0.15, 0.2) is 0 Å². The van der Waals surface area contributed by atoms with Crippen molar-refractivity contribution in [1.82, 2.24) is 15.5 Å². The molecule has 0 aromatic heterocycles. The van der Waals surface area contributed by atoms with Crippen LogP contribution in [0.2, 0.25) is 5.02 Å². The van der Waals surface area contributed by atoms with Gasteiger partial charge in [0.2, 0.25) is 5.91 Å². The topological polar surface area (TPSA) is 61.4 Å². The molecule has 0 bridgehead atoms. The SMILES string of the molecule is C[C@@H]1C[C@@H](C)CN(CCNC(=O)CCCNC(=O)c2ccc(Cl)cc2)C1. The van der Waals surface area contributed by atoms with Gasteiger partial charge in [0, 0.05) is 49.7 Å². The van der Waals surface area contributed by atoms with E-state index in [-0.39, 0.29) is 11.8 Å². The fourth-order valence-corrected chi connectivity index (χ4v) is 3.70. The summed E-state index contributed by atoms with van der Waals surface area (Å²) >= 11 is 5.80. The van der Waals surface area contributed by atoms with Gasteiger partial charge in [-0.2, -0.15) is 0 Å². The number of carbonyl (C=O) groups excluding carboxylic acids is 2. The molecule has 1 aromatic carbocycles. The van der Waals surface area contributed by atoms with Crippen molar-refractivity contribution in [2.45, 2.75) is 33.1 Å². The van der Waals surface area contributed by atoms with Crippen LogP contribution in [0, 0.1) is 11.8 Å². The van der Waals surface area contributed by atoms with Gasteiger partial charge in [0.1, 0.15) is 0 Å². The lowest BCUT2D eigenvalue weighted by Gasteiger charge is -2.34. The van der Waals surface area contributed by atoms with E-state index in [4.69, 9.17) is 11.6 Å². The Morgan fingerprint density at radius 2 is 1.73 bits per heavy atom. The third kappa shape index (κ3) is 7.34. The molecule has 5 nitrogen and oxygen atoms in total. The van der Waals surface area contributed by atoms with Crippen LogP contribution in [0.5, 0.6) is 0 Å². The molecule has 2 rings (SSSR count). The summed E-state index contributed by atoms with van der Waals surface area (Å²) in [5.74, 6) is 1.37. The number of piperidine rings is 1. The molecule has 0 spiro atoms. The number of benzene rings is 1. The average Bonchev–Trinajstić information content (AvgIpc) is 2.58. The van der Waals surface area contributed by atoms with Gasteiger partial charge in [0.05, 0.1) is 0 Å². The van der Waals surface area contributed by atoms with Crippen molar-refractivity contribution in [2.75, 3.05) is 32.7 Å². The minimum absolute atomic E-state index is 0.0452. The summed E-state index contributed by atoms with van der Waals surface area (Å²) in [6.07, 6.45) is 2.35. The second kappa shape index (κ2) is 10.5. The quantitative estimate of drug-likeness (QED) is 0.682. The summed E-state index contributed by atoms with van der Waals surface area (Å²) in [6, 6.07) is 6.75. The summed E-state index contributed by atoms with van der Waals surface area (Å²) in [6.45, 7) is 8.91. The fraction of sp³-hybridized carbons (Fsp3) is 0.600. The maximum Gasteiger partial charge on any atom is 0.251 e. The van der Waals surface area contributed by atoms with Crippen molar-refractivity contribution in [1.29, 1.82) is 0 Å². The molecule has 0 radical (unpaired) electrons. The zero-order valence-corrected chi connectivity index (χ0v) is 16.5. The second-order valence-corrected chi connectivity index (χ2v) is 7.86. The third-order valence-corrected chi connectivity index (χ3v) is 4.92.